The standard InChI is InChI=1S/C15H20N2O4/c18-10-12-5-2-1-3-8-14(12)16-15(19)11-6-4-7-13(9-11)17(20)21/h4,6-7,9,12,14,18H,1-3,5,8,10H2,(H,16,19). The van der Waals surface area contributed by atoms with Crippen molar-refractivity contribution in [2.75, 3.05) is 6.61 Å². The Kier molecular flexibility index (Phi) is 5.27. The summed E-state index contributed by atoms with van der Waals surface area (Å²) < 4.78 is 0. The van der Waals surface area contributed by atoms with Crippen LogP contribution in [0.3, 0.4) is 0 Å². The van der Waals surface area contributed by atoms with E-state index in [9.17, 15) is 20.0 Å². The third-order valence-corrected chi connectivity index (χ3v) is 4.03. The van der Waals surface area contributed by atoms with Gasteiger partial charge in [0, 0.05) is 36.3 Å². The van der Waals surface area contributed by atoms with E-state index < -0.39 is 4.92 Å². The molecule has 0 radical (unpaired) electrons. The zero-order chi connectivity index (χ0) is 15.2. The number of nitro groups is 1. The lowest BCUT2D eigenvalue weighted by Crippen LogP contribution is -2.41. The second-order valence-corrected chi connectivity index (χ2v) is 5.47. The fraction of sp³-hybridized carbons (Fsp3) is 0.533. The monoisotopic (exact) mass is 292 g/mol. The first-order valence-electron chi connectivity index (χ1n) is 7.28. The van der Waals surface area contributed by atoms with Gasteiger partial charge in [-0.3, -0.25) is 14.9 Å². The molecular weight excluding hydrogens is 272 g/mol. The van der Waals surface area contributed by atoms with Crippen LogP contribution in [0.4, 0.5) is 5.69 Å². The predicted molar refractivity (Wildman–Crippen MR) is 78.0 cm³/mol. The van der Waals surface area contributed by atoms with Crippen molar-refractivity contribution in [3.8, 4) is 0 Å². The summed E-state index contributed by atoms with van der Waals surface area (Å²) in [6.07, 6.45) is 4.94. The molecule has 0 aromatic heterocycles. The number of benzene rings is 1. The highest BCUT2D eigenvalue weighted by Crippen LogP contribution is 2.23. The van der Waals surface area contributed by atoms with Crippen LogP contribution in [-0.4, -0.2) is 28.6 Å². The number of amides is 1. The Morgan fingerprint density at radius 1 is 1.33 bits per heavy atom. The largest absolute Gasteiger partial charge is 0.396 e. The zero-order valence-corrected chi connectivity index (χ0v) is 11.8. The van der Waals surface area contributed by atoms with E-state index in [0.29, 0.717) is 0 Å². The van der Waals surface area contributed by atoms with Crippen LogP contribution < -0.4 is 5.32 Å². The Morgan fingerprint density at radius 3 is 2.81 bits per heavy atom. The lowest BCUT2D eigenvalue weighted by atomic mass is 9.95. The predicted octanol–water partition coefficient (Wildman–Crippen LogP) is 2.27. The summed E-state index contributed by atoms with van der Waals surface area (Å²) in [6, 6.07) is 5.64. The van der Waals surface area contributed by atoms with Crippen LogP contribution in [0, 0.1) is 16.0 Å². The Bertz CT molecular complexity index is 518. The Labute approximate surface area is 123 Å². The number of nitrogens with zero attached hydrogens (tertiary/aromatic N) is 1. The molecule has 1 amide bonds. The molecule has 6 heteroatoms. The molecule has 21 heavy (non-hydrogen) atoms. The summed E-state index contributed by atoms with van der Waals surface area (Å²) in [5, 5.41) is 23.1. The first-order chi connectivity index (χ1) is 10.1. The maximum atomic E-state index is 12.2. The van der Waals surface area contributed by atoms with Crippen LogP contribution in [0.25, 0.3) is 0 Å². The van der Waals surface area contributed by atoms with Crippen molar-refractivity contribution in [2.24, 2.45) is 5.92 Å². The van der Waals surface area contributed by atoms with E-state index in [1.807, 2.05) is 0 Å². The minimum atomic E-state index is -0.515. The van der Waals surface area contributed by atoms with E-state index >= 15 is 0 Å². The van der Waals surface area contributed by atoms with E-state index in [1.165, 1.54) is 18.2 Å². The molecule has 2 N–H and O–H groups in total. The molecule has 2 rings (SSSR count). The molecule has 0 saturated heterocycles. The van der Waals surface area contributed by atoms with E-state index in [0.717, 1.165) is 32.1 Å². The number of nitro benzene ring substituents is 1. The molecule has 1 saturated carbocycles. The lowest BCUT2D eigenvalue weighted by Gasteiger charge is -2.24. The molecule has 0 spiro atoms. The van der Waals surface area contributed by atoms with Crippen molar-refractivity contribution >= 4 is 11.6 Å². The molecule has 2 unspecified atom stereocenters. The Hall–Kier alpha value is -1.95. The quantitative estimate of drug-likeness (QED) is 0.506. The molecule has 1 fully saturated rings. The van der Waals surface area contributed by atoms with Crippen LogP contribution in [-0.2, 0) is 0 Å². The summed E-state index contributed by atoms with van der Waals surface area (Å²) >= 11 is 0. The number of aliphatic hydroxyl groups is 1. The molecule has 6 nitrogen and oxygen atoms in total. The van der Waals surface area contributed by atoms with Crippen molar-refractivity contribution in [3.05, 3.63) is 39.9 Å². The Balaban J connectivity index is 2.09. The summed E-state index contributed by atoms with van der Waals surface area (Å²) in [6.45, 7) is 0.0554. The van der Waals surface area contributed by atoms with Crippen molar-refractivity contribution < 1.29 is 14.8 Å². The van der Waals surface area contributed by atoms with Crippen molar-refractivity contribution in [2.45, 2.75) is 38.1 Å². The number of rotatable bonds is 4. The van der Waals surface area contributed by atoms with Gasteiger partial charge in [0.15, 0.2) is 0 Å². The van der Waals surface area contributed by atoms with Gasteiger partial charge >= 0.3 is 0 Å². The van der Waals surface area contributed by atoms with Crippen LogP contribution >= 0.6 is 0 Å². The van der Waals surface area contributed by atoms with E-state index in [1.54, 1.807) is 6.07 Å². The average Bonchev–Trinajstić information content (AvgIpc) is 2.72. The number of nitrogens with one attached hydrogen (secondary N) is 1. The Morgan fingerprint density at radius 2 is 2.10 bits per heavy atom. The van der Waals surface area contributed by atoms with E-state index in [2.05, 4.69) is 5.32 Å². The smallest absolute Gasteiger partial charge is 0.270 e. The van der Waals surface area contributed by atoms with Gasteiger partial charge in [-0.1, -0.05) is 25.3 Å². The van der Waals surface area contributed by atoms with Crippen LogP contribution in [0.5, 0.6) is 0 Å². The molecule has 0 bridgehead atoms. The van der Waals surface area contributed by atoms with Gasteiger partial charge in [0.1, 0.15) is 0 Å². The highest BCUT2D eigenvalue weighted by molar-refractivity contribution is 5.95. The highest BCUT2D eigenvalue weighted by Gasteiger charge is 2.25. The van der Waals surface area contributed by atoms with Gasteiger partial charge in [0.2, 0.25) is 0 Å². The fourth-order valence-electron chi connectivity index (χ4n) is 2.81. The SMILES string of the molecule is O=C(NC1CCCCCC1CO)c1cccc([N+](=O)[O-])c1. The van der Waals surface area contributed by atoms with Gasteiger partial charge in [0.25, 0.3) is 11.6 Å². The van der Waals surface area contributed by atoms with Gasteiger partial charge in [-0.05, 0) is 18.9 Å². The third-order valence-electron chi connectivity index (χ3n) is 4.03. The molecule has 0 heterocycles. The second kappa shape index (κ2) is 7.17. The minimum Gasteiger partial charge on any atom is -0.396 e. The number of carbonyl (C=O) groups excluding carboxylic acids is 1. The average molecular weight is 292 g/mol. The van der Waals surface area contributed by atoms with Crippen molar-refractivity contribution in [1.29, 1.82) is 0 Å². The van der Waals surface area contributed by atoms with Crippen LogP contribution in [0.2, 0.25) is 0 Å². The first-order valence-corrected chi connectivity index (χ1v) is 7.28. The molecule has 2 atom stereocenters. The van der Waals surface area contributed by atoms with Gasteiger partial charge in [-0.15, -0.1) is 0 Å². The molecule has 1 aromatic rings. The van der Waals surface area contributed by atoms with Gasteiger partial charge in [-0.25, -0.2) is 0 Å². The number of carbonyl (C=O) groups is 1. The normalized spacial score (nSPS) is 22.3. The van der Waals surface area contributed by atoms with Gasteiger partial charge in [-0.2, -0.15) is 0 Å². The number of hydrogen-bond donors (Lipinski definition) is 2. The summed E-state index contributed by atoms with van der Waals surface area (Å²) in [7, 11) is 0. The summed E-state index contributed by atoms with van der Waals surface area (Å²) in [5.41, 5.74) is 0.187. The topological polar surface area (TPSA) is 92.5 Å². The fourth-order valence-corrected chi connectivity index (χ4v) is 2.81. The zero-order valence-electron chi connectivity index (χ0n) is 11.8. The molecule has 1 aliphatic rings. The number of aliphatic hydroxyl groups excluding tert-OH is 1. The second-order valence-electron chi connectivity index (χ2n) is 5.47. The molecule has 114 valence electrons. The van der Waals surface area contributed by atoms with E-state index in [-0.39, 0.29) is 35.7 Å². The molecule has 1 aliphatic carbocycles. The molecule has 1 aromatic carbocycles. The maximum Gasteiger partial charge on any atom is 0.270 e. The number of non-ortho nitro benzene ring substituents is 1. The molecular formula is C15H20N2O4. The van der Waals surface area contributed by atoms with Gasteiger partial charge < -0.3 is 10.4 Å². The van der Waals surface area contributed by atoms with E-state index in [4.69, 9.17) is 0 Å². The first kappa shape index (κ1) is 15.4. The van der Waals surface area contributed by atoms with Crippen molar-refractivity contribution in [3.63, 3.8) is 0 Å². The minimum absolute atomic E-state index is 0.0554. The van der Waals surface area contributed by atoms with Gasteiger partial charge in [0.05, 0.1) is 4.92 Å². The lowest BCUT2D eigenvalue weighted by molar-refractivity contribution is -0.384. The third kappa shape index (κ3) is 4.01. The molecule has 0 aliphatic heterocycles. The highest BCUT2D eigenvalue weighted by atomic mass is 16.6. The van der Waals surface area contributed by atoms with Crippen LogP contribution in [0.1, 0.15) is 42.5 Å². The summed E-state index contributed by atoms with van der Waals surface area (Å²) in [4.78, 5) is 22.5. The maximum absolute atomic E-state index is 12.2. The van der Waals surface area contributed by atoms with Crippen LogP contribution in [0.15, 0.2) is 24.3 Å². The summed E-state index contributed by atoms with van der Waals surface area (Å²) in [5.74, 6) is -0.251. The number of hydrogen-bond acceptors (Lipinski definition) is 4. The van der Waals surface area contributed by atoms with Crippen molar-refractivity contribution in [1.82, 2.24) is 5.32 Å².